The Hall–Kier alpha value is -2.57. The lowest BCUT2D eigenvalue weighted by molar-refractivity contribution is 0.0520. The van der Waals surface area contributed by atoms with Crippen LogP contribution in [0.1, 0.15) is 17.4 Å². The number of benzene rings is 2. The molecule has 2 aromatic carbocycles. The van der Waals surface area contributed by atoms with Crippen molar-refractivity contribution >= 4 is 51.4 Å². The van der Waals surface area contributed by atoms with Crippen LogP contribution >= 0.6 is 23.2 Å². The van der Waals surface area contributed by atoms with E-state index < -0.39 is 5.97 Å². The van der Waals surface area contributed by atoms with Crippen LogP contribution in [0.4, 0.5) is 15.8 Å². The van der Waals surface area contributed by atoms with Gasteiger partial charge in [0, 0.05) is 42.3 Å². The fraction of sp³-hybridized carbons (Fsp3) is 0.273. The molecule has 0 saturated carbocycles. The lowest BCUT2D eigenvalue weighted by atomic mass is 10.1. The molecule has 156 valence electrons. The Morgan fingerprint density at radius 1 is 1.07 bits per heavy atom. The van der Waals surface area contributed by atoms with Gasteiger partial charge in [-0.2, -0.15) is 0 Å². The fourth-order valence-corrected chi connectivity index (χ4v) is 4.26. The monoisotopic (exact) mass is 447 g/mol. The fourth-order valence-electron chi connectivity index (χ4n) is 3.68. The van der Waals surface area contributed by atoms with Gasteiger partial charge in [0.25, 0.3) is 0 Å². The summed E-state index contributed by atoms with van der Waals surface area (Å²) in [7, 11) is 0. The standard InChI is InChI=1S/C22H20Cl2FN3O2/c1-2-30-22(29)19-13-20(21-17(24)11-14(23)12-18(21)26-19)28-9-7-27(8-10-28)16-5-3-15(25)4-6-16/h3-6,11-13H,2,7-10H2,1H3. The number of anilines is 2. The number of fused-ring (bicyclic) bond motifs is 1. The smallest absolute Gasteiger partial charge is 0.357 e. The number of nitrogens with zero attached hydrogens (tertiary/aromatic N) is 3. The number of aromatic nitrogens is 1. The predicted molar refractivity (Wildman–Crippen MR) is 119 cm³/mol. The third kappa shape index (κ3) is 4.16. The van der Waals surface area contributed by atoms with Gasteiger partial charge in [0.1, 0.15) is 5.82 Å². The van der Waals surface area contributed by atoms with Crippen molar-refractivity contribution in [3.63, 3.8) is 0 Å². The zero-order valence-electron chi connectivity index (χ0n) is 16.4. The average Bonchev–Trinajstić information content (AvgIpc) is 2.73. The van der Waals surface area contributed by atoms with E-state index in [2.05, 4.69) is 14.8 Å². The number of carbonyl (C=O) groups is 1. The minimum absolute atomic E-state index is 0.221. The van der Waals surface area contributed by atoms with Crippen LogP contribution in [0.3, 0.4) is 0 Å². The van der Waals surface area contributed by atoms with Gasteiger partial charge in [-0.25, -0.2) is 14.2 Å². The van der Waals surface area contributed by atoms with E-state index in [1.165, 1.54) is 12.1 Å². The van der Waals surface area contributed by atoms with Crippen LogP contribution in [-0.4, -0.2) is 43.7 Å². The summed E-state index contributed by atoms with van der Waals surface area (Å²) >= 11 is 12.7. The molecule has 0 spiro atoms. The second kappa shape index (κ2) is 8.66. The van der Waals surface area contributed by atoms with E-state index in [9.17, 15) is 9.18 Å². The van der Waals surface area contributed by atoms with Gasteiger partial charge in [-0.05, 0) is 49.4 Å². The molecule has 8 heteroatoms. The number of hydrogen-bond donors (Lipinski definition) is 0. The van der Waals surface area contributed by atoms with Crippen LogP contribution in [0.2, 0.25) is 10.0 Å². The average molecular weight is 448 g/mol. The number of pyridine rings is 1. The SMILES string of the molecule is CCOC(=O)c1cc(N2CCN(c3ccc(F)cc3)CC2)c2c(Cl)cc(Cl)cc2n1. The van der Waals surface area contributed by atoms with Gasteiger partial charge in [0.2, 0.25) is 0 Å². The first-order chi connectivity index (χ1) is 14.5. The minimum atomic E-state index is -0.485. The van der Waals surface area contributed by atoms with E-state index in [1.54, 1.807) is 37.3 Å². The quantitative estimate of drug-likeness (QED) is 0.515. The van der Waals surface area contributed by atoms with Gasteiger partial charge in [0.05, 0.1) is 22.8 Å². The van der Waals surface area contributed by atoms with E-state index in [-0.39, 0.29) is 18.1 Å². The van der Waals surface area contributed by atoms with Crippen molar-refractivity contribution in [1.82, 2.24) is 4.98 Å². The van der Waals surface area contributed by atoms with E-state index in [0.717, 1.165) is 29.9 Å². The molecule has 1 aliphatic heterocycles. The molecule has 1 fully saturated rings. The van der Waals surface area contributed by atoms with Gasteiger partial charge in [-0.1, -0.05) is 23.2 Å². The molecule has 1 aliphatic rings. The summed E-state index contributed by atoms with van der Waals surface area (Å²) in [6.45, 7) is 4.92. The highest BCUT2D eigenvalue weighted by molar-refractivity contribution is 6.39. The highest BCUT2D eigenvalue weighted by Gasteiger charge is 2.23. The molecule has 30 heavy (non-hydrogen) atoms. The molecule has 1 aromatic heterocycles. The topological polar surface area (TPSA) is 45.7 Å². The molecule has 0 radical (unpaired) electrons. The van der Waals surface area contributed by atoms with E-state index in [4.69, 9.17) is 27.9 Å². The van der Waals surface area contributed by atoms with Crippen molar-refractivity contribution in [2.75, 3.05) is 42.6 Å². The molecule has 0 atom stereocenters. The Bertz CT molecular complexity index is 1080. The first-order valence-corrected chi connectivity index (χ1v) is 10.4. The summed E-state index contributed by atoms with van der Waals surface area (Å²) in [5.74, 6) is -0.734. The predicted octanol–water partition coefficient (Wildman–Crippen LogP) is 5.18. The van der Waals surface area contributed by atoms with Gasteiger partial charge in [-0.15, -0.1) is 0 Å². The Labute approximate surface area is 184 Å². The third-order valence-corrected chi connectivity index (χ3v) is 5.62. The Kier molecular flexibility index (Phi) is 5.97. The second-order valence-electron chi connectivity index (χ2n) is 6.98. The van der Waals surface area contributed by atoms with E-state index >= 15 is 0 Å². The first-order valence-electron chi connectivity index (χ1n) is 9.68. The molecule has 2 heterocycles. The van der Waals surface area contributed by atoms with Crippen molar-refractivity contribution in [3.8, 4) is 0 Å². The van der Waals surface area contributed by atoms with E-state index in [1.807, 2.05) is 0 Å². The van der Waals surface area contributed by atoms with Gasteiger partial charge in [0.15, 0.2) is 5.69 Å². The first kappa shape index (κ1) is 20.7. The van der Waals surface area contributed by atoms with Crippen molar-refractivity contribution < 1.29 is 13.9 Å². The molecule has 0 amide bonds. The molecule has 3 aromatic rings. The summed E-state index contributed by atoms with van der Waals surface area (Å²) in [5.41, 5.74) is 2.57. The number of carbonyl (C=O) groups excluding carboxylic acids is 1. The Morgan fingerprint density at radius 3 is 2.40 bits per heavy atom. The summed E-state index contributed by atoms with van der Waals surface area (Å²) in [6, 6.07) is 11.6. The number of rotatable bonds is 4. The maximum atomic E-state index is 13.2. The maximum Gasteiger partial charge on any atom is 0.357 e. The van der Waals surface area contributed by atoms with Gasteiger partial charge >= 0.3 is 5.97 Å². The van der Waals surface area contributed by atoms with Gasteiger partial charge < -0.3 is 14.5 Å². The third-order valence-electron chi connectivity index (χ3n) is 5.10. The molecule has 1 saturated heterocycles. The zero-order valence-corrected chi connectivity index (χ0v) is 17.9. The minimum Gasteiger partial charge on any atom is -0.461 e. The number of hydrogen-bond acceptors (Lipinski definition) is 5. The van der Waals surface area contributed by atoms with Crippen molar-refractivity contribution in [2.45, 2.75) is 6.92 Å². The summed E-state index contributed by atoms with van der Waals surface area (Å²) in [5, 5.41) is 1.69. The van der Waals surface area contributed by atoms with Crippen LogP contribution < -0.4 is 9.80 Å². The highest BCUT2D eigenvalue weighted by atomic mass is 35.5. The zero-order chi connectivity index (χ0) is 21.3. The molecular formula is C22H20Cl2FN3O2. The summed E-state index contributed by atoms with van der Waals surface area (Å²) in [4.78, 5) is 21.1. The summed E-state index contributed by atoms with van der Waals surface area (Å²) < 4.78 is 18.4. The van der Waals surface area contributed by atoms with Crippen LogP contribution in [-0.2, 0) is 4.74 Å². The lowest BCUT2D eigenvalue weighted by Gasteiger charge is -2.38. The van der Waals surface area contributed by atoms with Crippen LogP contribution in [0.5, 0.6) is 0 Å². The molecule has 0 aliphatic carbocycles. The normalized spacial score (nSPS) is 14.3. The molecule has 0 N–H and O–H groups in total. The van der Waals surface area contributed by atoms with Crippen LogP contribution in [0, 0.1) is 5.82 Å². The molecular weight excluding hydrogens is 428 g/mol. The number of ether oxygens (including phenoxy) is 1. The molecule has 4 rings (SSSR count). The van der Waals surface area contributed by atoms with Crippen molar-refractivity contribution in [2.24, 2.45) is 0 Å². The van der Waals surface area contributed by atoms with Gasteiger partial charge in [-0.3, -0.25) is 0 Å². The maximum absolute atomic E-state index is 13.2. The number of piperazine rings is 1. The highest BCUT2D eigenvalue weighted by Crippen LogP contribution is 2.36. The van der Waals surface area contributed by atoms with Crippen molar-refractivity contribution in [1.29, 1.82) is 0 Å². The number of halogens is 3. The van der Waals surface area contributed by atoms with Crippen LogP contribution in [0.25, 0.3) is 10.9 Å². The molecule has 0 bridgehead atoms. The largest absolute Gasteiger partial charge is 0.461 e. The lowest BCUT2D eigenvalue weighted by Crippen LogP contribution is -2.46. The van der Waals surface area contributed by atoms with Crippen LogP contribution in [0.15, 0.2) is 42.5 Å². The van der Waals surface area contributed by atoms with Crippen molar-refractivity contribution in [3.05, 3.63) is 64.0 Å². The summed E-state index contributed by atoms with van der Waals surface area (Å²) in [6.07, 6.45) is 0. The second-order valence-corrected chi connectivity index (χ2v) is 7.82. The molecule has 5 nitrogen and oxygen atoms in total. The number of esters is 1. The molecule has 0 unspecified atom stereocenters. The van der Waals surface area contributed by atoms with E-state index in [0.29, 0.717) is 28.7 Å². The Morgan fingerprint density at radius 2 is 1.73 bits per heavy atom. The Balaban J connectivity index is 1.67.